The number of nitrogens with zero attached hydrogens (tertiary/aromatic N) is 1. The molecule has 0 radical (unpaired) electrons. The van der Waals surface area contributed by atoms with Gasteiger partial charge in [0.25, 0.3) is 0 Å². The van der Waals surface area contributed by atoms with E-state index in [0.29, 0.717) is 10.7 Å². The van der Waals surface area contributed by atoms with E-state index in [2.05, 4.69) is 5.32 Å². The van der Waals surface area contributed by atoms with Gasteiger partial charge in [0.1, 0.15) is 0 Å². The van der Waals surface area contributed by atoms with Gasteiger partial charge in [0, 0.05) is 19.7 Å². The highest BCUT2D eigenvalue weighted by atomic mass is 35.5. The van der Waals surface area contributed by atoms with E-state index >= 15 is 0 Å². The number of hydrogen-bond acceptors (Lipinski definition) is 3. The first kappa shape index (κ1) is 17.5. The lowest BCUT2D eigenvalue weighted by Crippen LogP contribution is -2.51. The van der Waals surface area contributed by atoms with Crippen molar-refractivity contribution >= 4 is 34.7 Å². The summed E-state index contributed by atoms with van der Waals surface area (Å²) in [6.45, 7) is 8.80. The molecule has 0 aliphatic rings. The molecule has 4 nitrogen and oxygen atoms in total. The van der Waals surface area contributed by atoms with E-state index in [9.17, 15) is 9.59 Å². The van der Waals surface area contributed by atoms with Crippen LogP contribution in [0.2, 0.25) is 5.02 Å². The summed E-state index contributed by atoms with van der Waals surface area (Å²) in [5.74, 6) is -0.232. The number of benzene rings is 1. The number of carbonyl (C=O) groups is 2. The molecule has 0 heterocycles. The summed E-state index contributed by atoms with van der Waals surface area (Å²) in [4.78, 5) is 25.7. The van der Waals surface area contributed by atoms with Crippen LogP contribution >= 0.6 is 11.6 Å². The van der Waals surface area contributed by atoms with Crippen LogP contribution in [0.3, 0.4) is 0 Å². The van der Waals surface area contributed by atoms with Crippen molar-refractivity contribution < 1.29 is 9.59 Å². The summed E-state index contributed by atoms with van der Waals surface area (Å²) in [6, 6.07) is 4.76. The minimum atomic E-state index is -0.536. The second-order valence-electron chi connectivity index (χ2n) is 6.18. The van der Waals surface area contributed by atoms with Gasteiger partial charge in [-0.25, -0.2) is 0 Å². The van der Waals surface area contributed by atoms with Crippen LogP contribution in [0, 0.1) is 5.41 Å². The Morgan fingerprint density at radius 1 is 1.24 bits per heavy atom. The third-order valence-electron chi connectivity index (χ3n) is 3.30. The Balaban J connectivity index is 3.39. The predicted molar refractivity (Wildman–Crippen MR) is 88.1 cm³/mol. The Kier molecular flexibility index (Phi) is 5.40. The third kappa shape index (κ3) is 3.97. The van der Waals surface area contributed by atoms with Crippen molar-refractivity contribution in [3.8, 4) is 0 Å². The monoisotopic (exact) mass is 310 g/mol. The fraction of sp³-hybridized carbons (Fsp3) is 0.500. The Morgan fingerprint density at radius 2 is 1.81 bits per heavy atom. The first-order valence-corrected chi connectivity index (χ1v) is 7.25. The topological polar surface area (TPSA) is 49.4 Å². The molecule has 1 rings (SSSR count). The maximum absolute atomic E-state index is 12.1. The lowest BCUT2D eigenvalue weighted by Gasteiger charge is -2.38. The Bertz CT molecular complexity index is 550. The highest BCUT2D eigenvalue weighted by Gasteiger charge is 2.36. The van der Waals surface area contributed by atoms with Crippen molar-refractivity contribution in [2.75, 3.05) is 17.3 Å². The lowest BCUT2D eigenvalue weighted by molar-refractivity contribution is -0.125. The Labute approximate surface area is 131 Å². The van der Waals surface area contributed by atoms with Gasteiger partial charge in [-0.2, -0.15) is 0 Å². The fourth-order valence-electron chi connectivity index (χ4n) is 2.55. The number of Topliss-reactive ketones (excluding diaryl/α,β-unsaturated/α-hetero) is 1. The molecule has 0 aliphatic heterocycles. The van der Waals surface area contributed by atoms with Gasteiger partial charge < -0.3 is 10.2 Å². The molecule has 1 amide bonds. The molecule has 0 bridgehead atoms. The first-order chi connectivity index (χ1) is 9.59. The number of amides is 1. The number of hydrogen-bond donors (Lipinski definition) is 1. The van der Waals surface area contributed by atoms with Crippen molar-refractivity contribution in [3.05, 3.63) is 23.2 Å². The second-order valence-corrected chi connectivity index (χ2v) is 6.59. The van der Waals surface area contributed by atoms with Crippen LogP contribution < -0.4 is 10.2 Å². The van der Waals surface area contributed by atoms with Crippen LogP contribution in [0.1, 0.15) is 34.6 Å². The standard InChI is InChI=1S/C16H23ClN2O2/c1-10(20)15(16(3,4)5)19(11(2)21)12-7-8-14(18-6)13(17)9-12/h7-9,15,18H,1-6H3. The van der Waals surface area contributed by atoms with Gasteiger partial charge in [0.2, 0.25) is 5.91 Å². The molecule has 0 spiro atoms. The van der Waals surface area contributed by atoms with Gasteiger partial charge in [0.15, 0.2) is 5.78 Å². The molecular weight excluding hydrogens is 288 g/mol. The molecule has 5 heteroatoms. The molecule has 0 saturated carbocycles. The number of ketones is 1. The van der Waals surface area contributed by atoms with Crippen LogP contribution in [0.4, 0.5) is 11.4 Å². The second kappa shape index (κ2) is 6.48. The summed E-state index contributed by atoms with van der Waals surface area (Å²) in [5, 5.41) is 3.48. The maximum Gasteiger partial charge on any atom is 0.224 e. The van der Waals surface area contributed by atoms with Gasteiger partial charge in [-0.3, -0.25) is 9.59 Å². The van der Waals surface area contributed by atoms with Crippen LogP contribution in [0.25, 0.3) is 0 Å². The molecule has 1 aromatic carbocycles. The van der Waals surface area contributed by atoms with Gasteiger partial charge in [-0.05, 0) is 30.5 Å². The molecule has 0 aliphatic carbocycles. The zero-order valence-corrected chi connectivity index (χ0v) is 14.2. The molecular formula is C16H23ClN2O2. The molecule has 1 atom stereocenters. The van der Waals surface area contributed by atoms with Crippen LogP contribution in [-0.4, -0.2) is 24.8 Å². The molecule has 0 fully saturated rings. The summed E-state index contributed by atoms with van der Waals surface area (Å²) < 4.78 is 0. The SMILES string of the molecule is CNc1ccc(N(C(C)=O)C(C(C)=O)C(C)(C)C)cc1Cl. The van der Waals surface area contributed by atoms with Crippen molar-refractivity contribution in [1.82, 2.24) is 0 Å². The van der Waals surface area contributed by atoms with Crippen LogP contribution in [-0.2, 0) is 9.59 Å². The van der Waals surface area contributed by atoms with Gasteiger partial charge in [-0.15, -0.1) is 0 Å². The molecule has 116 valence electrons. The quantitative estimate of drug-likeness (QED) is 0.921. The molecule has 1 unspecified atom stereocenters. The molecule has 1 N–H and O–H groups in total. The van der Waals surface area contributed by atoms with Gasteiger partial charge >= 0.3 is 0 Å². The normalized spacial score (nSPS) is 12.7. The van der Waals surface area contributed by atoms with Crippen molar-refractivity contribution in [1.29, 1.82) is 0 Å². The van der Waals surface area contributed by atoms with E-state index in [1.807, 2.05) is 20.8 Å². The number of rotatable bonds is 4. The zero-order chi connectivity index (χ0) is 16.4. The van der Waals surface area contributed by atoms with Crippen molar-refractivity contribution in [2.45, 2.75) is 40.7 Å². The molecule has 0 aromatic heterocycles. The number of carbonyl (C=O) groups excluding carboxylic acids is 2. The smallest absolute Gasteiger partial charge is 0.224 e. The van der Waals surface area contributed by atoms with Crippen LogP contribution in [0.15, 0.2) is 18.2 Å². The summed E-state index contributed by atoms with van der Waals surface area (Å²) >= 11 is 6.19. The summed E-state index contributed by atoms with van der Waals surface area (Å²) in [7, 11) is 1.77. The predicted octanol–water partition coefficient (Wildman–Crippen LogP) is 3.74. The maximum atomic E-state index is 12.1. The van der Waals surface area contributed by atoms with Crippen molar-refractivity contribution in [2.24, 2.45) is 5.41 Å². The summed E-state index contributed by atoms with van der Waals surface area (Å²) in [6.07, 6.45) is 0. The van der Waals surface area contributed by atoms with E-state index in [1.165, 1.54) is 18.7 Å². The van der Waals surface area contributed by atoms with E-state index < -0.39 is 6.04 Å². The van der Waals surface area contributed by atoms with E-state index in [-0.39, 0.29) is 17.1 Å². The average molecular weight is 311 g/mol. The van der Waals surface area contributed by atoms with Gasteiger partial charge in [0.05, 0.1) is 16.8 Å². The lowest BCUT2D eigenvalue weighted by atomic mass is 9.83. The van der Waals surface area contributed by atoms with Gasteiger partial charge in [-0.1, -0.05) is 32.4 Å². The van der Waals surface area contributed by atoms with Crippen LogP contribution in [0.5, 0.6) is 0 Å². The number of halogens is 1. The average Bonchev–Trinajstić information content (AvgIpc) is 2.33. The number of nitrogens with one attached hydrogen (secondary N) is 1. The molecule has 21 heavy (non-hydrogen) atoms. The summed E-state index contributed by atoms with van der Waals surface area (Å²) in [5.41, 5.74) is 1.03. The van der Waals surface area contributed by atoms with E-state index in [4.69, 9.17) is 11.6 Å². The van der Waals surface area contributed by atoms with Crippen molar-refractivity contribution in [3.63, 3.8) is 0 Å². The Hall–Kier alpha value is -1.55. The minimum absolute atomic E-state index is 0.0495. The Morgan fingerprint density at radius 3 is 2.14 bits per heavy atom. The fourth-order valence-corrected chi connectivity index (χ4v) is 2.82. The zero-order valence-electron chi connectivity index (χ0n) is 13.5. The minimum Gasteiger partial charge on any atom is -0.387 e. The van der Waals surface area contributed by atoms with E-state index in [0.717, 1.165) is 5.69 Å². The third-order valence-corrected chi connectivity index (χ3v) is 3.62. The van der Waals surface area contributed by atoms with E-state index in [1.54, 1.807) is 25.2 Å². The first-order valence-electron chi connectivity index (χ1n) is 6.87. The molecule has 1 aromatic rings. The molecule has 0 saturated heterocycles. The number of anilines is 2. The highest BCUT2D eigenvalue weighted by Crippen LogP contribution is 2.33. The largest absolute Gasteiger partial charge is 0.387 e. The highest BCUT2D eigenvalue weighted by molar-refractivity contribution is 6.33.